The minimum Gasteiger partial charge on any atom is -0.481 e. The second-order valence-electron chi connectivity index (χ2n) is 4.22. The third kappa shape index (κ3) is 3.12. The lowest BCUT2D eigenvalue weighted by Crippen LogP contribution is -2.16. The van der Waals surface area contributed by atoms with Gasteiger partial charge in [0.1, 0.15) is 0 Å². The fraction of sp³-hybridized carbons (Fsp3) is 0.417. The first-order chi connectivity index (χ1) is 9.22. The zero-order valence-electron chi connectivity index (χ0n) is 10.6. The van der Waals surface area contributed by atoms with Crippen LogP contribution in [0.3, 0.4) is 0 Å². The van der Waals surface area contributed by atoms with Crippen LogP contribution in [0, 0.1) is 0 Å². The van der Waals surface area contributed by atoms with E-state index in [1.165, 1.54) is 0 Å². The van der Waals surface area contributed by atoms with Gasteiger partial charge in [0.2, 0.25) is 0 Å². The summed E-state index contributed by atoms with van der Waals surface area (Å²) in [6, 6.07) is 3.36. The molecule has 1 atom stereocenters. The average molecular weight is 261 g/mol. The van der Waals surface area contributed by atoms with Crippen LogP contribution in [0.5, 0.6) is 0 Å². The molecule has 0 radical (unpaired) electrons. The highest BCUT2D eigenvalue weighted by molar-refractivity contribution is 5.67. The Labute approximate surface area is 110 Å². The maximum atomic E-state index is 10.9. The van der Waals surface area contributed by atoms with E-state index in [9.17, 15) is 4.79 Å². The van der Waals surface area contributed by atoms with E-state index >= 15 is 0 Å². The Morgan fingerprint density at radius 1 is 1.42 bits per heavy atom. The largest absolute Gasteiger partial charge is 0.481 e. The molecular formula is C12H15N5O2. The Morgan fingerprint density at radius 3 is 2.79 bits per heavy atom. The van der Waals surface area contributed by atoms with E-state index in [4.69, 9.17) is 5.11 Å². The smallest absolute Gasteiger partial charge is 0.305 e. The highest BCUT2D eigenvalue weighted by Crippen LogP contribution is 2.23. The molecule has 0 amide bonds. The van der Waals surface area contributed by atoms with Crippen LogP contribution >= 0.6 is 0 Å². The van der Waals surface area contributed by atoms with Crippen molar-refractivity contribution >= 4 is 5.97 Å². The number of aliphatic carboxylic acids is 1. The van der Waals surface area contributed by atoms with Crippen molar-refractivity contribution < 1.29 is 9.90 Å². The number of hydrogen-bond acceptors (Lipinski definition) is 5. The van der Waals surface area contributed by atoms with Crippen molar-refractivity contribution in [2.24, 2.45) is 0 Å². The van der Waals surface area contributed by atoms with E-state index in [2.05, 4.69) is 20.5 Å². The highest BCUT2D eigenvalue weighted by Gasteiger charge is 2.20. The first-order valence-electron chi connectivity index (χ1n) is 6.12. The van der Waals surface area contributed by atoms with Gasteiger partial charge < -0.3 is 5.11 Å². The number of aromatic nitrogens is 5. The van der Waals surface area contributed by atoms with Crippen molar-refractivity contribution in [1.29, 1.82) is 0 Å². The predicted molar refractivity (Wildman–Crippen MR) is 67.2 cm³/mol. The summed E-state index contributed by atoms with van der Waals surface area (Å²) >= 11 is 0. The van der Waals surface area contributed by atoms with Crippen LogP contribution in [-0.2, 0) is 4.79 Å². The van der Waals surface area contributed by atoms with Crippen molar-refractivity contribution in [3.63, 3.8) is 0 Å². The molecule has 100 valence electrons. The molecule has 0 fully saturated rings. The van der Waals surface area contributed by atoms with Crippen LogP contribution in [0.4, 0.5) is 0 Å². The van der Waals surface area contributed by atoms with Crippen molar-refractivity contribution in [2.45, 2.75) is 32.2 Å². The molecule has 0 aromatic carbocycles. The fourth-order valence-electron chi connectivity index (χ4n) is 1.98. The fourth-order valence-corrected chi connectivity index (χ4v) is 1.98. The zero-order valence-corrected chi connectivity index (χ0v) is 10.6. The van der Waals surface area contributed by atoms with Crippen LogP contribution in [0.25, 0.3) is 11.4 Å². The summed E-state index contributed by atoms with van der Waals surface area (Å²) < 4.78 is 1.59. The predicted octanol–water partition coefficient (Wildman–Crippen LogP) is 1.55. The Kier molecular flexibility index (Phi) is 4.17. The molecule has 2 aromatic heterocycles. The van der Waals surface area contributed by atoms with Gasteiger partial charge in [-0.3, -0.25) is 9.78 Å². The number of tetrazole rings is 1. The lowest BCUT2D eigenvalue weighted by atomic mass is 10.1. The molecule has 19 heavy (non-hydrogen) atoms. The quantitative estimate of drug-likeness (QED) is 0.847. The molecule has 7 nitrogen and oxygen atoms in total. The summed E-state index contributed by atoms with van der Waals surface area (Å²) in [6.45, 7) is 2.01. The van der Waals surface area contributed by atoms with Crippen molar-refractivity contribution in [2.75, 3.05) is 0 Å². The van der Waals surface area contributed by atoms with Gasteiger partial charge in [0.25, 0.3) is 0 Å². The topological polar surface area (TPSA) is 93.8 Å². The van der Waals surface area contributed by atoms with E-state index in [1.54, 1.807) is 29.2 Å². The number of hydrogen-bond donors (Lipinski definition) is 1. The Morgan fingerprint density at radius 2 is 2.16 bits per heavy atom. The standard InChI is InChI=1S/C12H15N5O2/c1-2-3-10(8-11(18)19)17-12(14-15-16-17)9-4-6-13-7-5-9/h4-7,10H,2-3,8H2,1H3,(H,18,19). The lowest BCUT2D eigenvalue weighted by molar-refractivity contribution is -0.138. The molecule has 2 aromatic rings. The maximum Gasteiger partial charge on any atom is 0.305 e. The zero-order chi connectivity index (χ0) is 13.7. The van der Waals surface area contributed by atoms with E-state index in [1.807, 2.05) is 6.92 Å². The Hall–Kier alpha value is -2.31. The molecule has 2 rings (SSSR count). The lowest BCUT2D eigenvalue weighted by Gasteiger charge is -2.15. The molecule has 0 bridgehead atoms. The van der Waals surface area contributed by atoms with Gasteiger partial charge in [-0.25, -0.2) is 4.68 Å². The molecule has 0 saturated carbocycles. The van der Waals surface area contributed by atoms with Gasteiger partial charge in [-0.1, -0.05) is 13.3 Å². The van der Waals surface area contributed by atoms with Gasteiger partial charge in [0, 0.05) is 18.0 Å². The normalized spacial score (nSPS) is 12.3. The van der Waals surface area contributed by atoms with Crippen molar-refractivity contribution in [3.05, 3.63) is 24.5 Å². The molecule has 0 aliphatic heterocycles. The van der Waals surface area contributed by atoms with Gasteiger partial charge >= 0.3 is 5.97 Å². The summed E-state index contributed by atoms with van der Waals surface area (Å²) in [5, 5.41) is 20.6. The summed E-state index contributed by atoms with van der Waals surface area (Å²) in [6.07, 6.45) is 4.90. The molecule has 0 spiro atoms. The van der Waals surface area contributed by atoms with Crippen LogP contribution in [-0.4, -0.2) is 36.3 Å². The van der Waals surface area contributed by atoms with Crippen LogP contribution in [0.2, 0.25) is 0 Å². The molecule has 7 heteroatoms. The SMILES string of the molecule is CCCC(CC(=O)O)n1nnnc1-c1ccncc1. The van der Waals surface area contributed by atoms with Crippen LogP contribution < -0.4 is 0 Å². The number of carboxylic acid groups (broad SMARTS) is 1. The average Bonchev–Trinajstić information content (AvgIpc) is 2.88. The van der Waals surface area contributed by atoms with E-state index in [0.29, 0.717) is 5.82 Å². The number of rotatable bonds is 6. The molecule has 1 N–H and O–H groups in total. The molecule has 0 aliphatic carbocycles. The number of carboxylic acids is 1. The molecular weight excluding hydrogens is 246 g/mol. The third-order valence-electron chi connectivity index (χ3n) is 2.81. The minimum atomic E-state index is -0.852. The minimum absolute atomic E-state index is 0.0109. The van der Waals surface area contributed by atoms with Gasteiger partial charge in [0.05, 0.1) is 12.5 Å². The first kappa shape index (κ1) is 13.1. The highest BCUT2D eigenvalue weighted by atomic mass is 16.4. The van der Waals surface area contributed by atoms with E-state index in [0.717, 1.165) is 18.4 Å². The van der Waals surface area contributed by atoms with E-state index in [-0.39, 0.29) is 12.5 Å². The monoisotopic (exact) mass is 261 g/mol. The third-order valence-corrected chi connectivity index (χ3v) is 2.81. The Balaban J connectivity index is 2.33. The maximum absolute atomic E-state index is 10.9. The van der Waals surface area contributed by atoms with Gasteiger partial charge in [-0.05, 0) is 29.0 Å². The molecule has 1 unspecified atom stereocenters. The number of nitrogens with zero attached hydrogens (tertiary/aromatic N) is 5. The first-order valence-corrected chi connectivity index (χ1v) is 6.12. The summed E-state index contributed by atoms with van der Waals surface area (Å²) in [5.41, 5.74) is 0.825. The Bertz CT molecular complexity index is 540. The summed E-state index contributed by atoms with van der Waals surface area (Å²) in [4.78, 5) is 14.9. The van der Waals surface area contributed by atoms with Crippen LogP contribution in [0.1, 0.15) is 32.2 Å². The van der Waals surface area contributed by atoms with Gasteiger partial charge in [-0.15, -0.1) is 5.10 Å². The second-order valence-corrected chi connectivity index (χ2v) is 4.22. The van der Waals surface area contributed by atoms with Crippen molar-refractivity contribution in [1.82, 2.24) is 25.2 Å². The summed E-state index contributed by atoms with van der Waals surface area (Å²) in [5.74, 6) is -0.281. The van der Waals surface area contributed by atoms with Gasteiger partial charge in [-0.2, -0.15) is 0 Å². The second kappa shape index (κ2) is 6.03. The molecule has 0 saturated heterocycles. The number of carbonyl (C=O) groups is 1. The van der Waals surface area contributed by atoms with Gasteiger partial charge in [0.15, 0.2) is 5.82 Å². The summed E-state index contributed by atoms with van der Waals surface area (Å²) in [7, 11) is 0. The van der Waals surface area contributed by atoms with Crippen molar-refractivity contribution in [3.8, 4) is 11.4 Å². The van der Waals surface area contributed by atoms with E-state index < -0.39 is 5.97 Å². The molecule has 2 heterocycles. The number of pyridine rings is 1. The van der Waals surface area contributed by atoms with Crippen LogP contribution in [0.15, 0.2) is 24.5 Å². The molecule has 0 aliphatic rings.